The van der Waals surface area contributed by atoms with E-state index in [2.05, 4.69) is 10.3 Å². The highest BCUT2D eigenvalue weighted by atomic mass is 35.5. The van der Waals surface area contributed by atoms with Gasteiger partial charge in [0.2, 0.25) is 5.91 Å². The van der Waals surface area contributed by atoms with Crippen LogP contribution in [0.2, 0.25) is 5.02 Å². The van der Waals surface area contributed by atoms with Crippen LogP contribution in [0, 0.1) is 0 Å². The first kappa shape index (κ1) is 31.0. The van der Waals surface area contributed by atoms with Crippen molar-refractivity contribution < 1.29 is 23.6 Å². The second-order valence-electron chi connectivity index (χ2n) is 13.2. The van der Waals surface area contributed by atoms with Gasteiger partial charge < -0.3 is 24.3 Å². The molecule has 2 amide bonds. The first-order valence-electron chi connectivity index (χ1n) is 14.5. The number of carbonyl (C=O) groups excluding carboxylic acids is 2. The predicted octanol–water partition coefficient (Wildman–Crippen LogP) is 4.33. The Morgan fingerprint density at radius 1 is 1.19 bits per heavy atom. The van der Waals surface area contributed by atoms with Gasteiger partial charge in [-0.15, -0.1) is 0 Å². The van der Waals surface area contributed by atoms with Crippen LogP contribution in [0.15, 0.2) is 47.5 Å². The number of rotatable bonds is 6. The number of aromatic nitrogens is 2. The molecular weight excluding hydrogens is 571 g/mol. The molecule has 0 saturated carbocycles. The summed E-state index contributed by atoms with van der Waals surface area (Å²) in [4.78, 5) is 44.4. The molecule has 1 atom stereocenters. The van der Waals surface area contributed by atoms with E-state index in [-0.39, 0.29) is 30.6 Å². The van der Waals surface area contributed by atoms with E-state index in [9.17, 15) is 14.4 Å². The molecule has 1 N–H and O–H groups in total. The topological polar surface area (TPSA) is 111 Å². The summed E-state index contributed by atoms with van der Waals surface area (Å²) in [5.74, 6) is -0.0565. The number of hydrogen-bond donors (Lipinski definition) is 1. The van der Waals surface area contributed by atoms with Crippen molar-refractivity contribution in [2.75, 3.05) is 6.54 Å². The molecule has 2 saturated heterocycles. The van der Waals surface area contributed by atoms with E-state index in [4.69, 9.17) is 25.6 Å². The third-order valence-corrected chi connectivity index (χ3v) is 8.59. The monoisotopic (exact) mass is 608 g/mol. The Kier molecular flexibility index (Phi) is 8.13. The Balaban J connectivity index is 1.43. The maximum Gasteiger partial charge on any atom is 0.496 e. The zero-order chi connectivity index (χ0) is 31.3. The van der Waals surface area contributed by atoms with Gasteiger partial charge in [-0.1, -0.05) is 29.8 Å². The maximum atomic E-state index is 13.5. The molecule has 2 fully saturated rings. The summed E-state index contributed by atoms with van der Waals surface area (Å²) in [6, 6.07) is 9.06. The van der Waals surface area contributed by atoms with Gasteiger partial charge in [0.25, 0.3) is 5.56 Å². The summed E-state index contributed by atoms with van der Waals surface area (Å²) in [6.45, 7) is 13.5. The van der Waals surface area contributed by atoms with Gasteiger partial charge in [0.1, 0.15) is 11.2 Å². The molecule has 228 valence electrons. The fourth-order valence-electron chi connectivity index (χ4n) is 5.13. The summed E-state index contributed by atoms with van der Waals surface area (Å²) in [5.41, 5.74) is 0.954. The van der Waals surface area contributed by atoms with Crippen molar-refractivity contribution in [2.24, 2.45) is 0 Å². The number of pyridine rings is 1. The molecule has 2 aliphatic heterocycles. The highest BCUT2D eigenvalue weighted by Gasteiger charge is 2.52. The number of hydrogen-bond acceptors (Lipinski definition) is 7. The molecule has 2 aliphatic rings. The van der Waals surface area contributed by atoms with Gasteiger partial charge in [-0.3, -0.25) is 14.0 Å². The molecular formula is C31H38BClN4O6. The van der Waals surface area contributed by atoms with Crippen LogP contribution in [-0.2, 0) is 25.4 Å². The third kappa shape index (κ3) is 6.44. The number of ether oxygens (including phenoxy) is 1. The molecule has 0 radical (unpaired) electrons. The normalized spacial score (nSPS) is 19.5. The highest BCUT2D eigenvalue weighted by molar-refractivity contribution is 6.66. The van der Waals surface area contributed by atoms with Crippen LogP contribution in [0.4, 0.5) is 4.79 Å². The molecule has 0 bridgehead atoms. The van der Waals surface area contributed by atoms with Gasteiger partial charge in [-0.2, -0.15) is 0 Å². The molecule has 12 heteroatoms. The second-order valence-corrected chi connectivity index (χ2v) is 13.6. The molecule has 10 nitrogen and oxygen atoms in total. The Hall–Kier alpha value is -3.41. The number of nitrogens with one attached hydrogen (secondary N) is 1. The van der Waals surface area contributed by atoms with Gasteiger partial charge in [0.05, 0.1) is 23.3 Å². The molecule has 4 heterocycles. The smallest absolute Gasteiger partial charge is 0.444 e. The lowest BCUT2D eigenvalue weighted by Gasteiger charge is -2.32. The van der Waals surface area contributed by atoms with Crippen molar-refractivity contribution in [2.45, 2.75) is 90.7 Å². The van der Waals surface area contributed by atoms with Crippen LogP contribution >= 0.6 is 11.6 Å². The highest BCUT2D eigenvalue weighted by Crippen LogP contribution is 2.38. The number of nitrogens with zero attached hydrogens (tertiary/aromatic N) is 3. The fourth-order valence-corrected chi connectivity index (χ4v) is 5.45. The van der Waals surface area contributed by atoms with Crippen LogP contribution in [0.1, 0.15) is 66.9 Å². The van der Waals surface area contributed by atoms with Crippen molar-refractivity contribution in [1.29, 1.82) is 0 Å². The maximum absolute atomic E-state index is 13.5. The van der Waals surface area contributed by atoms with Gasteiger partial charge in [0, 0.05) is 47.4 Å². The third-order valence-electron chi connectivity index (χ3n) is 8.17. The van der Waals surface area contributed by atoms with Gasteiger partial charge in [0.15, 0.2) is 0 Å². The van der Waals surface area contributed by atoms with Crippen LogP contribution < -0.4 is 16.3 Å². The van der Waals surface area contributed by atoms with Crippen LogP contribution in [0.25, 0.3) is 16.8 Å². The number of fused-ring (bicyclic) bond motifs is 1. The van der Waals surface area contributed by atoms with E-state index < -0.39 is 30.0 Å². The Bertz CT molecular complexity index is 1620. The molecule has 3 aromatic rings. The second kappa shape index (κ2) is 11.3. The van der Waals surface area contributed by atoms with E-state index in [1.807, 2.05) is 45.9 Å². The quantitative estimate of drug-likeness (QED) is 0.415. The Morgan fingerprint density at radius 3 is 2.51 bits per heavy atom. The van der Waals surface area contributed by atoms with Crippen molar-refractivity contribution in [3.63, 3.8) is 0 Å². The minimum Gasteiger partial charge on any atom is -0.444 e. The zero-order valence-corrected chi connectivity index (χ0v) is 26.4. The lowest BCUT2D eigenvalue weighted by molar-refractivity contribution is -0.119. The first-order valence-corrected chi connectivity index (χ1v) is 14.8. The van der Waals surface area contributed by atoms with Crippen LogP contribution in [-0.4, -0.2) is 62.8 Å². The summed E-state index contributed by atoms with van der Waals surface area (Å²) < 4.78 is 19.5. The molecule has 0 spiro atoms. The van der Waals surface area contributed by atoms with Crippen molar-refractivity contribution >= 4 is 41.8 Å². The first-order chi connectivity index (χ1) is 20.0. The minimum absolute atomic E-state index is 0.0141. The average molecular weight is 609 g/mol. The van der Waals surface area contributed by atoms with E-state index in [1.54, 1.807) is 39.1 Å². The summed E-state index contributed by atoms with van der Waals surface area (Å²) in [7, 11) is -0.619. The van der Waals surface area contributed by atoms with Crippen molar-refractivity contribution in [3.05, 3.63) is 63.7 Å². The lowest BCUT2D eigenvalue weighted by atomic mass is 9.78. The molecule has 1 aromatic carbocycles. The van der Waals surface area contributed by atoms with E-state index in [1.165, 1.54) is 15.5 Å². The molecule has 0 unspecified atom stereocenters. The number of halogens is 1. The van der Waals surface area contributed by atoms with Gasteiger partial charge in [-0.25, -0.2) is 9.78 Å². The van der Waals surface area contributed by atoms with E-state index >= 15 is 0 Å². The Labute approximate surface area is 256 Å². The number of carbonyl (C=O) groups is 2. The van der Waals surface area contributed by atoms with Crippen LogP contribution in [0.5, 0.6) is 0 Å². The number of benzene rings is 1. The Morgan fingerprint density at radius 2 is 1.88 bits per heavy atom. The summed E-state index contributed by atoms with van der Waals surface area (Å²) >= 11 is 6.90. The van der Waals surface area contributed by atoms with Crippen LogP contribution in [0.3, 0.4) is 0 Å². The van der Waals surface area contributed by atoms with E-state index in [0.29, 0.717) is 29.1 Å². The zero-order valence-electron chi connectivity index (χ0n) is 25.7. The van der Waals surface area contributed by atoms with E-state index in [0.717, 1.165) is 16.6 Å². The average Bonchev–Trinajstić information content (AvgIpc) is 3.41. The lowest BCUT2D eigenvalue weighted by Crippen LogP contribution is -2.44. The summed E-state index contributed by atoms with van der Waals surface area (Å²) in [6.07, 6.45) is 3.57. The summed E-state index contributed by atoms with van der Waals surface area (Å²) in [5, 5.41) is 3.37. The van der Waals surface area contributed by atoms with Crippen molar-refractivity contribution in [3.8, 4) is 11.1 Å². The molecule has 43 heavy (non-hydrogen) atoms. The number of amides is 2. The van der Waals surface area contributed by atoms with Crippen molar-refractivity contribution in [1.82, 2.24) is 19.6 Å². The fraction of sp³-hybridized carbons (Fsp3) is 0.484. The SMILES string of the molecule is CC(C)(C)OC(=O)N(Cc1cnc2cc(-c3cccc(B4OC(C)(C)C(C)(C)O4)c3Cl)ccn2c1=O)C[C@@H]1CCC(=O)N1. The molecule has 0 aliphatic carbocycles. The minimum atomic E-state index is -0.720. The largest absolute Gasteiger partial charge is 0.496 e. The van der Waals surface area contributed by atoms with Gasteiger partial charge in [-0.05, 0) is 72.6 Å². The molecule has 5 rings (SSSR count). The van der Waals surface area contributed by atoms with Gasteiger partial charge >= 0.3 is 13.2 Å². The molecule has 2 aromatic heterocycles. The standard InChI is InChI=1S/C31H38BClN4O6/c1-29(2,3)41-28(40)36(18-21-11-12-25(38)35-21)17-20-16-34-24-15-19(13-14-37(24)27(20)39)22-9-8-10-23(26(22)33)32-42-30(4,5)31(6,7)43-32/h8-10,13-16,21H,11-12,17-18H2,1-7H3,(H,35,38)/t21-/m0/s1. The predicted molar refractivity (Wildman–Crippen MR) is 165 cm³/mol.